The molecule has 2 heterocycles. The second-order valence-electron chi connectivity index (χ2n) is 4.06. The van der Waals surface area contributed by atoms with E-state index in [1.165, 1.54) is 5.56 Å². The molecule has 0 bridgehead atoms. The number of amides is 1. The van der Waals surface area contributed by atoms with Crippen LogP contribution in [0.5, 0.6) is 0 Å². The molecule has 0 saturated carbocycles. The third kappa shape index (κ3) is 3.42. The van der Waals surface area contributed by atoms with E-state index in [1.54, 1.807) is 0 Å². The van der Waals surface area contributed by atoms with Crippen LogP contribution in [0.25, 0.3) is 10.9 Å². The molecule has 0 aliphatic carbocycles. The first-order valence-corrected chi connectivity index (χ1v) is 7.08. The number of nitrogens with one attached hydrogen (secondary N) is 2. The van der Waals surface area contributed by atoms with Gasteiger partial charge in [0.2, 0.25) is 0 Å². The van der Waals surface area contributed by atoms with Gasteiger partial charge in [-0.25, -0.2) is 4.57 Å². The van der Waals surface area contributed by atoms with Crippen molar-refractivity contribution < 1.29 is 24.0 Å². The van der Waals surface area contributed by atoms with Gasteiger partial charge in [0.15, 0.2) is 0 Å². The Labute approximate surface area is 108 Å². The molecule has 1 aromatic carbocycles. The molecule has 19 heavy (non-hydrogen) atoms. The van der Waals surface area contributed by atoms with Gasteiger partial charge in [0.1, 0.15) is 0 Å². The van der Waals surface area contributed by atoms with Gasteiger partial charge in [-0.05, 0) is 24.1 Å². The van der Waals surface area contributed by atoms with E-state index >= 15 is 0 Å². The van der Waals surface area contributed by atoms with Gasteiger partial charge in [0, 0.05) is 29.2 Å². The standard InChI is InChI=1S/C11H10N2O.H3O4P/c14-11-8-2-1-3-9-10(8)7(6-13-9)4-5-12-11;1-5(2,3)4/h1-3,6,13H,4-5H2,(H,12,14);(H3,1,2,3,4). The van der Waals surface area contributed by atoms with Crippen molar-refractivity contribution in [1.29, 1.82) is 0 Å². The number of hydrogen-bond donors (Lipinski definition) is 5. The average molecular weight is 284 g/mol. The molecule has 7 nitrogen and oxygen atoms in total. The minimum atomic E-state index is -4.64. The molecule has 0 spiro atoms. The molecule has 0 atom stereocenters. The lowest BCUT2D eigenvalue weighted by Gasteiger charge is -2.00. The summed E-state index contributed by atoms with van der Waals surface area (Å²) in [7, 11) is -4.64. The lowest BCUT2D eigenvalue weighted by atomic mass is 10.1. The second kappa shape index (κ2) is 5.14. The van der Waals surface area contributed by atoms with E-state index in [1.807, 2.05) is 24.4 Å². The average Bonchev–Trinajstić information content (AvgIpc) is 2.62. The van der Waals surface area contributed by atoms with Crippen LogP contribution in [0, 0.1) is 0 Å². The van der Waals surface area contributed by atoms with Crippen LogP contribution in [0.4, 0.5) is 0 Å². The SMILES string of the molecule is O=C1NCCc2c[nH]c3cccc1c23.O=P(O)(O)O. The molecule has 3 rings (SSSR count). The monoisotopic (exact) mass is 284 g/mol. The van der Waals surface area contributed by atoms with Gasteiger partial charge < -0.3 is 25.0 Å². The van der Waals surface area contributed by atoms with E-state index in [0.29, 0.717) is 0 Å². The number of aromatic nitrogens is 1. The van der Waals surface area contributed by atoms with Crippen LogP contribution in [0.3, 0.4) is 0 Å². The molecule has 102 valence electrons. The Bertz CT molecular complexity index is 652. The number of H-pyrrole nitrogens is 1. The summed E-state index contributed by atoms with van der Waals surface area (Å²) in [6, 6.07) is 5.78. The van der Waals surface area contributed by atoms with Crippen molar-refractivity contribution in [2.24, 2.45) is 0 Å². The quantitative estimate of drug-likeness (QED) is 0.451. The number of rotatable bonds is 0. The highest BCUT2D eigenvalue weighted by Gasteiger charge is 2.17. The van der Waals surface area contributed by atoms with Crippen molar-refractivity contribution in [1.82, 2.24) is 10.3 Å². The molecular formula is C11H13N2O5P. The van der Waals surface area contributed by atoms with Gasteiger partial charge in [0.25, 0.3) is 5.91 Å². The maximum Gasteiger partial charge on any atom is 0.466 e. The predicted molar refractivity (Wildman–Crippen MR) is 68.6 cm³/mol. The Morgan fingerprint density at radius 3 is 2.58 bits per heavy atom. The van der Waals surface area contributed by atoms with E-state index in [0.717, 1.165) is 29.4 Å². The van der Waals surface area contributed by atoms with Crippen LogP contribution in [0.2, 0.25) is 0 Å². The van der Waals surface area contributed by atoms with Crippen LogP contribution in [0.15, 0.2) is 24.4 Å². The molecule has 5 N–H and O–H groups in total. The first kappa shape index (κ1) is 13.8. The highest BCUT2D eigenvalue weighted by molar-refractivity contribution is 7.45. The van der Waals surface area contributed by atoms with Gasteiger partial charge in [-0.1, -0.05) is 6.07 Å². The molecule has 8 heteroatoms. The maximum atomic E-state index is 11.7. The third-order valence-corrected chi connectivity index (χ3v) is 2.71. The summed E-state index contributed by atoms with van der Waals surface area (Å²) >= 11 is 0. The predicted octanol–water partition coefficient (Wildman–Crippen LogP) is 0.525. The van der Waals surface area contributed by atoms with Gasteiger partial charge in [-0.15, -0.1) is 0 Å². The summed E-state index contributed by atoms with van der Waals surface area (Å²) in [4.78, 5) is 36.4. The molecule has 0 unspecified atom stereocenters. The Balaban J connectivity index is 0.000000232. The van der Waals surface area contributed by atoms with Crippen molar-refractivity contribution in [3.63, 3.8) is 0 Å². The van der Waals surface area contributed by atoms with E-state index in [9.17, 15) is 4.79 Å². The number of carbonyl (C=O) groups is 1. The zero-order valence-electron chi connectivity index (χ0n) is 9.83. The number of benzene rings is 1. The zero-order valence-corrected chi connectivity index (χ0v) is 10.7. The van der Waals surface area contributed by atoms with Crippen molar-refractivity contribution in [2.45, 2.75) is 6.42 Å². The summed E-state index contributed by atoms with van der Waals surface area (Å²) < 4.78 is 8.88. The second-order valence-corrected chi connectivity index (χ2v) is 5.09. The fraction of sp³-hybridized carbons (Fsp3) is 0.182. The maximum absolute atomic E-state index is 11.7. The van der Waals surface area contributed by atoms with Gasteiger partial charge in [-0.2, -0.15) is 0 Å². The Hall–Kier alpha value is -1.66. The fourth-order valence-electron chi connectivity index (χ4n) is 2.05. The number of phosphoric acid groups is 1. The van der Waals surface area contributed by atoms with Gasteiger partial charge in [-0.3, -0.25) is 4.79 Å². The van der Waals surface area contributed by atoms with Crippen LogP contribution in [-0.4, -0.2) is 32.1 Å². The van der Waals surface area contributed by atoms with Crippen molar-refractivity contribution >= 4 is 24.6 Å². The summed E-state index contributed by atoms with van der Waals surface area (Å²) in [5.74, 6) is 0.0361. The Kier molecular flexibility index (Phi) is 3.73. The Morgan fingerprint density at radius 2 is 1.89 bits per heavy atom. The minimum absolute atomic E-state index is 0.0361. The third-order valence-electron chi connectivity index (χ3n) is 2.71. The van der Waals surface area contributed by atoms with Crippen molar-refractivity contribution in [3.05, 3.63) is 35.5 Å². The lowest BCUT2D eigenvalue weighted by Crippen LogP contribution is -2.23. The smallest absolute Gasteiger partial charge is 0.361 e. The molecular weight excluding hydrogens is 271 g/mol. The number of hydrogen-bond acceptors (Lipinski definition) is 2. The molecule has 1 aromatic heterocycles. The highest BCUT2D eigenvalue weighted by Crippen LogP contribution is 2.26. The van der Waals surface area contributed by atoms with Gasteiger partial charge in [0.05, 0.1) is 0 Å². The first-order chi connectivity index (χ1) is 8.86. The molecule has 1 aliphatic heterocycles. The van der Waals surface area contributed by atoms with Crippen molar-refractivity contribution in [3.8, 4) is 0 Å². The molecule has 0 radical (unpaired) electrons. The molecule has 2 aromatic rings. The largest absolute Gasteiger partial charge is 0.466 e. The van der Waals surface area contributed by atoms with Crippen LogP contribution >= 0.6 is 7.82 Å². The van der Waals surface area contributed by atoms with Crippen molar-refractivity contribution in [2.75, 3.05) is 6.54 Å². The number of aromatic amines is 1. The normalized spacial score (nSPS) is 14.4. The van der Waals surface area contributed by atoms with Crippen LogP contribution in [-0.2, 0) is 11.0 Å². The number of carbonyl (C=O) groups excluding carboxylic acids is 1. The summed E-state index contributed by atoms with van der Waals surface area (Å²) in [5.41, 5.74) is 3.07. The van der Waals surface area contributed by atoms with E-state index in [-0.39, 0.29) is 5.91 Å². The van der Waals surface area contributed by atoms with Crippen LogP contribution in [0.1, 0.15) is 15.9 Å². The van der Waals surface area contributed by atoms with Gasteiger partial charge >= 0.3 is 7.82 Å². The minimum Gasteiger partial charge on any atom is -0.361 e. The summed E-state index contributed by atoms with van der Waals surface area (Å²) in [6.07, 6.45) is 2.90. The zero-order chi connectivity index (χ0) is 14.0. The first-order valence-electron chi connectivity index (χ1n) is 5.52. The molecule has 1 aliphatic rings. The van der Waals surface area contributed by atoms with E-state index < -0.39 is 7.82 Å². The van der Waals surface area contributed by atoms with Crippen LogP contribution < -0.4 is 5.32 Å². The lowest BCUT2D eigenvalue weighted by molar-refractivity contribution is 0.0957. The van der Waals surface area contributed by atoms with E-state index in [4.69, 9.17) is 19.2 Å². The Morgan fingerprint density at radius 1 is 1.21 bits per heavy atom. The highest BCUT2D eigenvalue weighted by atomic mass is 31.2. The topological polar surface area (TPSA) is 123 Å². The fourth-order valence-corrected chi connectivity index (χ4v) is 2.05. The van der Waals surface area contributed by atoms with E-state index in [2.05, 4.69) is 10.3 Å². The summed E-state index contributed by atoms with van der Waals surface area (Å²) in [6.45, 7) is 0.723. The molecule has 1 amide bonds. The molecule has 0 fully saturated rings. The molecule has 0 saturated heterocycles. The summed E-state index contributed by atoms with van der Waals surface area (Å²) in [5, 5.41) is 3.97.